The van der Waals surface area contributed by atoms with Gasteiger partial charge in [0.15, 0.2) is 0 Å². The predicted molar refractivity (Wildman–Crippen MR) is 300 cm³/mol. The maximum atomic E-state index is 6.83. The van der Waals surface area contributed by atoms with E-state index in [2.05, 4.69) is 236 Å². The van der Waals surface area contributed by atoms with Crippen LogP contribution in [0.3, 0.4) is 0 Å². The second-order valence-corrected chi connectivity index (χ2v) is 19.0. The smallest absolute Gasteiger partial charge is 0.136 e. The van der Waals surface area contributed by atoms with E-state index in [9.17, 15) is 0 Å². The van der Waals surface area contributed by atoms with E-state index >= 15 is 0 Å². The maximum absolute atomic E-state index is 6.83. The Hall–Kier alpha value is -9.44. The minimum atomic E-state index is 0.849. The number of para-hydroxylation sites is 3. The average molecular weight is 902 g/mol. The van der Waals surface area contributed by atoms with Crippen molar-refractivity contribution < 1.29 is 8.83 Å². The van der Waals surface area contributed by atoms with Crippen LogP contribution in [-0.2, 0) is 0 Å². The lowest BCUT2D eigenvalue weighted by Crippen LogP contribution is -1.99. The van der Waals surface area contributed by atoms with Gasteiger partial charge < -0.3 is 13.8 Å². The first kappa shape index (κ1) is 38.5. The zero-order valence-corrected chi connectivity index (χ0v) is 38.3. The van der Waals surface area contributed by atoms with Gasteiger partial charge in [0, 0.05) is 54.5 Å². The van der Waals surface area contributed by atoms with E-state index in [4.69, 9.17) is 8.83 Å². The van der Waals surface area contributed by atoms with Crippen LogP contribution in [0.15, 0.2) is 239 Å². The van der Waals surface area contributed by atoms with Gasteiger partial charge in [0.1, 0.15) is 22.3 Å². The van der Waals surface area contributed by atoms with Crippen LogP contribution < -0.4 is 0 Å². The Balaban J connectivity index is 1.24. The minimum absolute atomic E-state index is 0.849. The van der Waals surface area contributed by atoms with Crippen molar-refractivity contribution in [2.24, 2.45) is 0 Å². The van der Waals surface area contributed by atoms with Gasteiger partial charge in [-0.15, -0.1) is 0 Å². The Morgan fingerprint density at radius 2 is 0.648 bits per heavy atom. The molecule has 0 fully saturated rings. The summed E-state index contributed by atoms with van der Waals surface area (Å²) in [6.07, 6.45) is 0. The summed E-state index contributed by atoms with van der Waals surface area (Å²) in [5.74, 6) is 0. The van der Waals surface area contributed by atoms with Gasteiger partial charge in [0.2, 0.25) is 0 Å². The molecular weight excluding hydrogens is 863 g/mol. The lowest BCUT2D eigenvalue weighted by Gasteiger charge is -2.25. The van der Waals surface area contributed by atoms with Gasteiger partial charge in [-0.2, -0.15) is 0 Å². The number of benzene rings is 13. The average Bonchev–Trinajstić information content (AvgIpc) is 4.14. The lowest BCUT2D eigenvalue weighted by molar-refractivity contribution is 0.668. The summed E-state index contributed by atoms with van der Waals surface area (Å²) in [5.41, 5.74) is 14.7. The number of hydrogen-bond donors (Lipinski definition) is 1. The molecule has 0 unspecified atom stereocenters. The predicted octanol–water partition coefficient (Wildman–Crippen LogP) is 19.6. The van der Waals surface area contributed by atoms with E-state index in [0.717, 1.165) is 99.2 Å². The van der Waals surface area contributed by atoms with Crippen molar-refractivity contribution in [1.82, 2.24) is 4.98 Å². The van der Waals surface area contributed by atoms with Gasteiger partial charge >= 0.3 is 0 Å². The highest BCUT2D eigenvalue weighted by atomic mass is 16.3. The highest BCUT2D eigenvalue weighted by Crippen LogP contribution is 2.58. The molecule has 3 heterocycles. The Morgan fingerprint density at radius 3 is 1.31 bits per heavy atom. The molecule has 3 aromatic heterocycles. The number of furan rings is 2. The molecule has 0 aliphatic heterocycles. The van der Waals surface area contributed by atoms with Gasteiger partial charge in [0.05, 0.1) is 5.52 Å². The first-order chi connectivity index (χ1) is 35.3. The van der Waals surface area contributed by atoms with E-state index in [-0.39, 0.29) is 0 Å². The van der Waals surface area contributed by atoms with Gasteiger partial charge in [-0.3, -0.25) is 0 Å². The zero-order chi connectivity index (χ0) is 46.3. The monoisotopic (exact) mass is 901 g/mol. The highest BCUT2D eigenvalue weighted by Gasteiger charge is 2.31. The number of hydrogen-bond acceptors (Lipinski definition) is 2. The van der Waals surface area contributed by atoms with Crippen LogP contribution in [0, 0.1) is 0 Å². The molecule has 0 atom stereocenters. The number of aromatic nitrogens is 1. The van der Waals surface area contributed by atoms with Crippen molar-refractivity contribution in [2.45, 2.75) is 0 Å². The van der Waals surface area contributed by atoms with Crippen molar-refractivity contribution in [3.05, 3.63) is 231 Å². The summed E-state index contributed by atoms with van der Waals surface area (Å²) >= 11 is 0. The minimum Gasteiger partial charge on any atom is -0.456 e. The van der Waals surface area contributed by atoms with Gasteiger partial charge in [-0.05, 0) is 112 Å². The molecule has 13 aromatic carbocycles. The topological polar surface area (TPSA) is 42.1 Å². The number of nitrogens with one attached hydrogen (secondary N) is 1. The standard InChI is InChI=1S/C68H39NO2/c1-2-18-40-39(17-1)37-38-45-41(40)26-13-28-48(45)63-64(53-30-15-35-58-61(53)50-24-8-11-33-56(50)70-58)65(52-29-14-27-47-44-20-4-3-19-42(44)43-21-5-6-22-46(43)60(47)52)67(68-66(63)49-23-7-10-32-55(49)69-68)54-31-16-36-59-62(54)51-25-9-12-34-57(51)71-59/h1-38,69H. The number of aromatic amines is 1. The third-order valence-corrected chi connectivity index (χ3v) is 15.4. The van der Waals surface area contributed by atoms with Crippen molar-refractivity contribution in [1.29, 1.82) is 0 Å². The third-order valence-electron chi connectivity index (χ3n) is 15.4. The number of H-pyrrole nitrogens is 1. The van der Waals surface area contributed by atoms with Crippen LogP contribution >= 0.6 is 0 Å². The lowest BCUT2D eigenvalue weighted by atomic mass is 9.76. The fourth-order valence-corrected chi connectivity index (χ4v) is 12.6. The fraction of sp³-hybridized carbons (Fsp3) is 0. The molecule has 3 nitrogen and oxygen atoms in total. The molecule has 0 aliphatic rings. The molecule has 0 saturated carbocycles. The molecule has 0 aliphatic carbocycles. The molecular formula is C68H39NO2. The highest BCUT2D eigenvalue weighted by molar-refractivity contribution is 6.35. The maximum Gasteiger partial charge on any atom is 0.136 e. The first-order valence-corrected chi connectivity index (χ1v) is 24.4. The summed E-state index contributed by atoms with van der Waals surface area (Å²) in [6.45, 7) is 0. The third kappa shape index (κ3) is 5.32. The molecule has 3 heteroatoms. The Kier molecular flexibility index (Phi) is 7.89. The summed E-state index contributed by atoms with van der Waals surface area (Å²) < 4.78 is 13.6. The SMILES string of the molecule is c1ccc2c(c1)ccc1c(-c3c(-c4cccc5oc6ccccc6c45)c(-c4cccc5c6ccccc6c6ccccc6c45)c(-c4cccc5oc6ccccc6c45)c4[nH]c5ccccc5c34)cccc12. The van der Waals surface area contributed by atoms with Crippen molar-refractivity contribution in [2.75, 3.05) is 0 Å². The molecule has 0 amide bonds. The molecule has 0 spiro atoms. The van der Waals surface area contributed by atoms with E-state index in [1.807, 2.05) is 0 Å². The van der Waals surface area contributed by atoms with E-state index < -0.39 is 0 Å². The molecule has 0 radical (unpaired) electrons. The summed E-state index contributed by atoms with van der Waals surface area (Å²) in [4.78, 5) is 4.15. The number of rotatable bonds is 4. The van der Waals surface area contributed by atoms with Crippen molar-refractivity contribution in [3.63, 3.8) is 0 Å². The molecule has 0 bridgehead atoms. The molecule has 0 saturated heterocycles. The Morgan fingerprint density at radius 1 is 0.225 bits per heavy atom. The second-order valence-electron chi connectivity index (χ2n) is 19.0. The number of fused-ring (bicyclic) bond motifs is 18. The second kappa shape index (κ2) is 14.5. The van der Waals surface area contributed by atoms with Crippen LogP contribution in [-0.4, -0.2) is 4.98 Å². The van der Waals surface area contributed by atoms with Crippen LogP contribution in [0.4, 0.5) is 0 Å². The molecule has 16 aromatic rings. The van der Waals surface area contributed by atoms with Gasteiger partial charge in [-0.25, -0.2) is 0 Å². The quantitative estimate of drug-likeness (QED) is 0.179. The largest absolute Gasteiger partial charge is 0.456 e. The molecule has 1 N–H and O–H groups in total. The van der Waals surface area contributed by atoms with Crippen molar-refractivity contribution in [3.8, 4) is 44.5 Å². The van der Waals surface area contributed by atoms with E-state index in [0.29, 0.717) is 0 Å². The van der Waals surface area contributed by atoms with Crippen LogP contribution in [0.25, 0.3) is 164 Å². The van der Waals surface area contributed by atoms with Gasteiger partial charge in [0.25, 0.3) is 0 Å². The Bertz CT molecular complexity index is 4900. The summed E-state index contributed by atoms with van der Waals surface area (Å²) in [7, 11) is 0. The van der Waals surface area contributed by atoms with E-state index in [1.54, 1.807) is 0 Å². The zero-order valence-electron chi connectivity index (χ0n) is 38.3. The summed E-state index contributed by atoms with van der Waals surface area (Å²) in [5, 5.41) is 18.8. The first-order valence-electron chi connectivity index (χ1n) is 24.4. The normalized spacial score (nSPS) is 12.2. The fourth-order valence-electron chi connectivity index (χ4n) is 12.6. The van der Waals surface area contributed by atoms with Gasteiger partial charge in [-0.1, -0.05) is 200 Å². The van der Waals surface area contributed by atoms with Crippen LogP contribution in [0.2, 0.25) is 0 Å². The van der Waals surface area contributed by atoms with Crippen LogP contribution in [0.5, 0.6) is 0 Å². The van der Waals surface area contributed by atoms with Crippen LogP contribution in [0.1, 0.15) is 0 Å². The molecule has 16 rings (SSSR count). The van der Waals surface area contributed by atoms with Crippen molar-refractivity contribution >= 4 is 120 Å². The molecule has 328 valence electrons. The molecule has 71 heavy (non-hydrogen) atoms. The van der Waals surface area contributed by atoms with E-state index in [1.165, 1.54) is 64.8 Å². The Labute approximate surface area is 406 Å². The summed E-state index contributed by atoms with van der Waals surface area (Å²) in [6, 6.07) is 84.2.